The molecule has 0 aliphatic rings. The third-order valence-electron chi connectivity index (χ3n) is 9.22. The summed E-state index contributed by atoms with van der Waals surface area (Å²) in [7, 11) is 0. The fourth-order valence-corrected chi connectivity index (χ4v) is 6.36. The molecule has 0 atom stereocenters. The van der Waals surface area contributed by atoms with E-state index < -0.39 is 0 Å². The Morgan fingerprint density at radius 3 is 2.20 bits per heavy atom. The first-order chi connectivity index (χ1) is 22.9. The van der Waals surface area contributed by atoms with Crippen molar-refractivity contribution in [2.45, 2.75) is 99.8 Å². The minimum atomic E-state index is 0. The number of fused-ring (bicyclic) bond motifs is 2. The molecule has 2 heterocycles. The number of aliphatic hydroxyl groups is 1. The average molecular weight is 837 g/mol. The van der Waals surface area contributed by atoms with Crippen LogP contribution < -0.4 is 0 Å². The standard InChI is InChI=1S/C31H30NO.C13H24O2.Ir/c1-20(2)15-25-17-23-10-8-12-27(30(23)33-25)22-13-14-32-29(19-22)24-16-21-9-6-7-11-26(21)28(18-24)31(3,4)5;1-5-10(6-2)12(14)9-13(15)11(7-3)8-4;/h6-14,17-20H,15H2,1-5H3;9-11,14H,5-8H2,1-4H3;/q-1;;/b;12-9-;. The van der Waals surface area contributed by atoms with E-state index in [2.05, 4.69) is 107 Å². The summed E-state index contributed by atoms with van der Waals surface area (Å²) in [6.45, 7) is 19.3. The molecule has 0 spiro atoms. The second kappa shape index (κ2) is 17.9. The Morgan fingerprint density at radius 2 is 1.57 bits per heavy atom. The number of hydrogen-bond acceptors (Lipinski definition) is 4. The summed E-state index contributed by atoms with van der Waals surface area (Å²) >= 11 is 0. The molecule has 5 aromatic rings. The monoisotopic (exact) mass is 837 g/mol. The molecule has 0 bridgehead atoms. The topological polar surface area (TPSA) is 63.3 Å². The Bertz CT molecular complexity index is 1850. The summed E-state index contributed by atoms with van der Waals surface area (Å²) in [5.41, 5.74) is 6.43. The second-order valence-electron chi connectivity index (χ2n) is 14.4. The van der Waals surface area contributed by atoms with Crippen molar-refractivity contribution in [3.8, 4) is 22.4 Å². The third kappa shape index (κ3) is 10.0. The Morgan fingerprint density at radius 1 is 0.898 bits per heavy atom. The molecule has 0 aliphatic carbocycles. The van der Waals surface area contributed by atoms with Crippen molar-refractivity contribution >= 4 is 27.5 Å². The maximum atomic E-state index is 11.7. The number of nitrogens with zero attached hydrogens (tertiary/aromatic N) is 1. The molecule has 0 fully saturated rings. The van der Waals surface area contributed by atoms with Crippen molar-refractivity contribution in [2.24, 2.45) is 17.8 Å². The number of pyridine rings is 1. The van der Waals surface area contributed by atoms with Gasteiger partial charge in [-0.05, 0) is 54.7 Å². The van der Waals surface area contributed by atoms with Crippen molar-refractivity contribution in [1.82, 2.24) is 4.98 Å². The fourth-order valence-electron chi connectivity index (χ4n) is 6.36. The van der Waals surface area contributed by atoms with Crippen molar-refractivity contribution in [3.05, 3.63) is 102 Å². The van der Waals surface area contributed by atoms with Gasteiger partial charge in [0.05, 0.1) is 5.76 Å². The number of carbonyl (C=O) groups is 1. The van der Waals surface area contributed by atoms with E-state index in [1.807, 2.05) is 33.9 Å². The molecule has 2 aromatic heterocycles. The number of aromatic nitrogens is 1. The van der Waals surface area contributed by atoms with E-state index in [0.29, 0.717) is 5.92 Å². The summed E-state index contributed by atoms with van der Waals surface area (Å²) in [4.78, 5) is 16.4. The van der Waals surface area contributed by atoms with Crippen LogP contribution in [-0.4, -0.2) is 15.9 Å². The van der Waals surface area contributed by atoms with E-state index in [1.54, 1.807) is 0 Å². The summed E-state index contributed by atoms with van der Waals surface area (Å²) < 4.78 is 6.30. The first kappa shape index (κ1) is 39.9. The van der Waals surface area contributed by atoms with Gasteiger partial charge in [0, 0.05) is 67.3 Å². The van der Waals surface area contributed by atoms with Gasteiger partial charge in [0.25, 0.3) is 0 Å². The second-order valence-corrected chi connectivity index (χ2v) is 14.4. The number of aliphatic hydroxyl groups excluding tert-OH is 1. The number of rotatable bonds is 11. The number of furan rings is 1. The molecule has 1 N–H and O–H groups in total. The average Bonchev–Trinajstić information content (AvgIpc) is 3.47. The summed E-state index contributed by atoms with van der Waals surface area (Å²) in [5, 5.41) is 13.3. The smallest absolute Gasteiger partial charge is 0.162 e. The minimum absolute atomic E-state index is 0. The van der Waals surface area contributed by atoms with Gasteiger partial charge in [-0.25, -0.2) is 0 Å². The van der Waals surface area contributed by atoms with Gasteiger partial charge in [-0.15, -0.1) is 29.1 Å². The molecular weight excluding hydrogens is 783 g/mol. The van der Waals surface area contributed by atoms with Crippen molar-refractivity contribution < 1.29 is 34.4 Å². The van der Waals surface area contributed by atoms with Crippen molar-refractivity contribution in [3.63, 3.8) is 0 Å². The zero-order valence-electron chi connectivity index (χ0n) is 30.8. The van der Waals surface area contributed by atoms with Crippen LogP contribution in [0.3, 0.4) is 0 Å². The number of ketones is 1. The first-order valence-electron chi connectivity index (χ1n) is 17.8. The van der Waals surface area contributed by atoms with Gasteiger partial charge in [-0.2, -0.15) is 0 Å². The largest absolute Gasteiger partial charge is 0.512 e. The van der Waals surface area contributed by atoms with E-state index in [9.17, 15) is 9.90 Å². The zero-order chi connectivity index (χ0) is 35.0. The summed E-state index contributed by atoms with van der Waals surface area (Å²) in [6.07, 6.45) is 7.74. The van der Waals surface area contributed by atoms with E-state index in [4.69, 9.17) is 9.40 Å². The predicted molar refractivity (Wildman–Crippen MR) is 202 cm³/mol. The van der Waals surface area contributed by atoms with Crippen LogP contribution in [0.25, 0.3) is 44.1 Å². The SMILES string of the molecule is CC(C)Cc1cc2cccc(-c3ccnc(-c4[c-]c5ccccc5c(C(C)(C)C)c4)c3)c2o1.CCC(CC)C(=O)/C=C(\O)C(CC)CC.[Ir]. The molecule has 0 amide bonds. The molecule has 3 aromatic carbocycles. The molecule has 0 saturated carbocycles. The van der Waals surface area contributed by atoms with Gasteiger partial charge in [-0.1, -0.05) is 116 Å². The molecular formula is C44H54IrNO3-. The molecule has 1 radical (unpaired) electrons. The van der Waals surface area contributed by atoms with E-state index in [0.717, 1.165) is 76.6 Å². The van der Waals surface area contributed by atoms with Crippen LogP contribution in [-0.2, 0) is 36.7 Å². The molecule has 0 unspecified atom stereocenters. The van der Waals surface area contributed by atoms with Crippen LogP contribution in [0.4, 0.5) is 0 Å². The van der Waals surface area contributed by atoms with Gasteiger partial charge in [0.2, 0.25) is 0 Å². The fraction of sp³-hybridized carbons (Fsp3) is 0.409. The van der Waals surface area contributed by atoms with Gasteiger partial charge in [0.1, 0.15) is 11.3 Å². The van der Waals surface area contributed by atoms with E-state index in [1.165, 1.54) is 17.0 Å². The molecule has 0 saturated heterocycles. The molecule has 5 heteroatoms. The molecule has 49 heavy (non-hydrogen) atoms. The van der Waals surface area contributed by atoms with Crippen LogP contribution in [0, 0.1) is 23.8 Å². The number of benzene rings is 3. The van der Waals surface area contributed by atoms with E-state index >= 15 is 0 Å². The van der Waals surface area contributed by atoms with Crippen molar-refractivity contribution in [2.75, 3.05) is 0 Å². The molecule has 5 rings (SSSR count). The summed E-state index contributed by atoms with van der Waals surface area (Å²) in [6, 6.07) is 27.1. The molecule has 4 nitrogen and oxygen atoms in total. The van der Waals surface area contributed by atoms with Gasteiger partial charge in [-0.3, -0.25) is 9.78 Å². The predicted octanol–water partition coefficient (Wildman–Crippen LogP) is 12.5. The Kier molecular flexibility index (Phi) is 14.6. The minimum Gasteiger partial charge on any atom is -0.512 e. The van der Waals surface area contributed by atoms with Gasteiger partial charge in [0.15, 0.2) is 5.78 Å². The van der Waals surface area contributed by atoms with Crippen LogP contribution in [0.5, 0.6) is 0 Å². The molecule has 263 valence electrons. The first-order valence-corrected chi connectivity index (χ1v) is 17.8. The number of carbonyl (C=O) groups excluding carboxylic acids is 1. The normalized spacial score (nSPS) is 12.0. The molecule has 0 aliphatic heterocycles. The van der Waals surface area contributed by atoms with Crippen LogP contribution in [0.2, 0.25) is 0 Å². The number of hydrogen-bond donors (Lipinski definition) is 1. The third-order valence-corrected chi connectivity index (χ3v) is 9.22. The maximum Gasteiger partial charge on any atom is 0.162 e. The maximum absolute atomic E-state index is 11.7. The van der Waals surface area contributed by atoms with Crippen LogP contribution in [0.1, 0.15) is 99.3 Å². The van der Waals surface area contributed by atoms with Crippen molar-refractivity contribution in [1.29, 1.82) is 0 Å². The van der Waals surface area contributed by atoms with Crippen LogP contribution in [0.15, 0.2) is 89.2 Å². The Balaban J connectivity index is 0.000000347. The van der Waals surface area contributed by atoms with E-state index in [-0.39, 0.29) is 48.9 Å². The summed E-state index contributed by atoms with van der Waals surface area (Å²) in [5.74, 6) is 2.15. The number of para-hydroxylation sites is 1. The van der Waals surface area contributed by atoms with Gasteiger partial charge < -0.3 is 9.52 Å². The Hall–Kier alpha value is -3.53. The number of allylic oxidation sites excluding steroid dienone is 2. The Labute approximate surface area is 307 Å². The quantitative estimate of drug-likeness (QED) is 0.0818. The van der Waals surface area contributed by atoms with Gasteiger partial charge >= 0.3 is 0 Å². The van der Waals surface area contributed by atoms with Crippen LogP contribution >= 0.6 is 0 Å². The zero-order valence-corrected chi connectivity index (χ0v) is 33.2.